The van der Waals surface area contributed by atoms with Crippen molar-refractivity contribution in [2.45, 2.75) is 57.9 Å². The van der Waals surface area contributed by atoms with Crippen LogP contribution >= 0.6 is 11.3 Å². The molecule has 4 amide bonds. The molecule has 0 unspecified atom stereocenters. The zero-order chi connectivity index (χ0) is 20.5. The van der Waals surface area contributed by atoms with Crippen LogP contribution < -0.4 is 10.6 Å². The predicted octanol–water partition coefficient (Wildman–Crippen LogP) is 2.85. The molecule has 1 aromatic heterocycles. The summed E-state index contributed by atoms with van der Waals surface area (Å²) in [5, 5.41) is 7.65. The molecule has 1 saturated carbocycles. The van der Waals surface area contributed by atoms with E-state index in [1.54, 1.807) is 6.92 Å². The van der Waals surface area contributed by atoms with Crippen LogP contribution in [0.2, 0.25) is 0 Å². The number of carbonyl (C=O) groups is 4. The average molecular weight is 407 g/mol. The number of urea groups is 1. The van der Waals surface area contributed by atoms with Gasteiger partial charge in [0.05, 0.1) is 12.2 Å². The van der Waals surface area contributed by atoms with Crippen LogP contribution in [0.3, 0.4) is 0 Å². The maximum absolute atomic E-state index is 12.6. The number of hydrogen-bond acceptors (Lipinski definition) is 6. The molecular weight excluding hydrogens is 382 g/mol. The molecule has 2 fully saturated rings. The summed E-state index contributed by atoms with van der Waals surface area (Å²) in [7, 11) is 0. The van der Waals surface area contributed by atoms with E-state index >= 15 is 0 Å². The van der Waals surface area contributed by atoms with Gasteiger partial charge in [-0.25, -0.2) is 9.59 Å². The molecule has 0 bridgehead atoms. The van der Waals surface area contributed by atoms with E-state index in [1.807, 2.05) is 19.2 Å². The summed E-state index contributed by atoms with van der Waals surface area (Å²) < 4.78 is 5.14. The maximum atomic E-state index is 12.6. The molecule has 1 aromatic rings. The average Bonchev–Trinajstić information content (AvgIpc) is 3.39. The number of imide groups is 1. The minimum Gasteiger partial charge on any atom is -0.462 e. The fourth-order valence-electron chi connectivity index (χ4n) is 3.43. The third kappa shape index (κ3) is 3.63. The number of hydrogen-bond donors (Lipinski definition) is 2. The van der Waals surface area contributed by atoms with Gasteiger partial charge in [-0.05, 0) is 49.5 Å². The molecule has 1 saturated heterocycles. The van der Waals surface area contributed by atoms with Crippen LogP contribution in [0.5, 0.6) is 0 Å². The van der Waals surface area contributed by atoms with E-state index < -0.39 is 35.9 Å². The van der Waals surface area contributed by atoms with Crippen LogP contribution in [0.15, 0.2) is 5.38 Å². The number of esters is 1. The molecule has 3 rings (SSSR count). The summed E-state index contributed by atoms with van der Waals surface area (Å²) in [6.07, 6.45) is 2.92. The lowest BCUT2D eigenvalue weighted by atomic mass is 9.93. The Morgan fingerprint density at radius 3 is 2.50 bits per heavy atom. The van der Waals surface area contributed by atoms with Crippen molar-refractivity contribution in [2.75, 3.05) is 18.5 Å². The molecule has 28 heavy (non-hydrogen) atoms. The molecular formula is C19H25N3O5S. The zero-order valence-corrected chi connectivity index (χ0v) is 17.1. The monoisotopic (exact) mass is 407 g/mol. The van der Waals surface area contributed by atoms with Crippen molar-refractivity contribution in [1.82, 2.24) is 10.2 Å². The van der Waals surface area contributed by atoms with E-state index in [4.69, 9.17) is 4.74 Å². The molecule has 2 aliphatic rings. The highest BCUT2D eigenvalue weighted by Crippen LogP contribution is 2.46. The normalized spacial score (nSPS) is 18.2. The molecule has 1 aliphatic heterocycles. The molecule has 152 valence electrons. The quantitative estimate of drug-likeness (QED) is 0.509. The van der Waals surface area contributed by atoms with Crippen LogP contribution in [-0.4, -0.2) is 47.4 Å². The SMILES string of the molecule is CCOC(=O)c1c(C2CC2)csc1NC(=O)CN1C(=O)NC(CC)(CC)C1=O. The fraction of sp³-hybridized carbons (Fsp3) is 0.579. The number of thiophene rings is 1. The Kier molecular flexibility index (Phi) is 5.74. The van der Waals surface area contributed by atoms with Gasteiger partial charge in [-0.2, -0.15) is 0 Å². The molecule has 0 spiro atoms. The summed E-state index contributed by atoms with van der Waals surface area (Å²) in [4.78, 5) is 50.7. The third-order valence-corrected chi connectivity index (χ3v) is 6.24. The largest absolute Gasteiger partial charge is 0.462 e. The first-order valence-electron chi connectivity index (χ1n) is 9.59. The van der Waals surface area contributed by atoms with Crippen molar-refractivity contribution in [3.63, 3.8) is 0 Å². The second-order valence-electron chi connectivity index (χ2n) is 7.05. The van der Waals surface area contributed by atoms with Crippen LogP contribution in [0, 0.1) is 0 Å². The van der Waals surface area contributed by atoms with Gasteiger partial charge in [0.15, 0.2) is 0 Å². The minimum absolute atomic E-state index is 0.241. The topological polar surface area (TPSA) is 105 Å². The summed E-state index contributed by atoms with van der Waals surface area (Å²) in [6.45, 7) is 5.21. The highest BCUT2D eigenvalue weighted by Gasteiger charge is 2.49. The Morgan fingerprint density at radius 1 is 1.29 bits per heavy atom. The Balaban J connectivity index is 1.74. The fourth-order valence-corrected chi connectivity index (χ4v) is 4.48. The lowest BCUT2D eigenvalue weighted by Gasteiger charge is -2.22. The third-order valence-electron chi connectivity index (χ3n) is 5.32. The highest BCUT2D eigenvalue weighted by molar-refractivity contribution is 7.15. The van der Waals surface area contributed by atoms with Gasteiger partial charge in [0.1, 0.15) is 17.1 Å². The van der Waals surface area contributed by atoms with E-state index in [9.17, 15) is 19.2 Å². The molecule has 0 aromatic carbocycles. The van der Waals surface area contributed by atoms with Crippen molar-refractivity contribution >= 4 is 40.2 Å². The van der Waals surface area contributed by atoms with Gasteiger partial charge in [-0.15, -0.1) is 11.3 Å². The van der Waals surface area contributed by atoms with Crippen LogP contribution in [0.25, 0.3) is 0 Å². The van der Waals surface area contributed by atoms with Gasteiger partial charge in [0.2, 0.25) is 5.91 Å². The Hall–Kier alpha value is -2.42. The standard InChI is InChI=1S/C19H25N3O5S/c1-4-19(5-2)17(25)22(18(26)21-19)9-13(23)20-15-14(16(24)27-6-3)12(10-28-15)11-7-8-11/h10-11H,4-9H2,1-3H3,(H,20,23)(H,21,26). The van der Waals surface area contributed by atoms with Crippen molar-refractivity contribution in [3.8, 4) is 0 Å². The first-order chi connectivity index (χ1) is 13.4. The summed E-state index contributed by atoms with van der Waals surface area (Å²) >= 11 is 1.26. The number of anilines is 1. The van der Waals surface area contributed by atoms with Crippen LogP contribution in [0.4, 0.5) is 9.80 Å². The van der Waals surface area contributed by atoms with Gasteiger partial charge in [-0.1, -0.05) is 13.8 Å². The molecule has 0 radical (unpaired) electrons. The molecule has 2 N–H and O–H groups in total. The highest BCUT2D eigenvalue weighted by atomic mass is 32.1. The minimum atomic E-state index is -0.949. The van der Waals surface area contributed by atoms with Crippen molar-refractivity contribution < 1.29 is 23.9 Å². The van der Waals surface area contributed by atoms with Gasteiger partial charge in [0, 0.05) is 0 Å². The summed E-state index contributed by atoms with van der Waals surface area (Å²) in [6, 6.07) is -0.570. The number of rotatable bonds is 8. The predicted molar refractivity (Wildman–Crippen MR) is 104 cm³/mol. The van der Waals surface area contributed by atoms with Crippen molar-refractivity contribution in [1.29, 1.82) is 0 Å². The second kappa shape index (κ2) is 7.90. The smallest absolute Gasteiger partial charge is 0.341 e. The van der Waals surface area contributed by atoms with E-state index in [2.05, 4.69) is 10.6 Å². The molecule has 8 nitrogen and oxygen atoms in total. The van der Waals surface area contributed by atoms with E-state index in [1.165, 1.54) is 11.3 Å². The summed E-state index contributed by atoms with van der Waals surface area (Å²) in [5.74, 6) is -1.07. The summed E-state index contributed by atoms with van der Waals surface area (Å²) in [5.41, 5.74) is 0.330. The Bertz CT molecular complexity index is 810. The van der Waals surface area contributed by atoms with Gasteiger partial charge < -0.3 is 15.4 Å². The van der Waals surface area contributed by atoms with Crippen molar-refractivity contribution in [3.05, 3.63) is 16.5 Å². The second-order valence-corrected chi connectivity index (χ2v) is 7.93. The van der Waals surface area contributed by atoms with Gasteiger partial charge >= 0.3 is 12.0 Å². The zero-order valence-electron chi connectivity index (χ0n) is 16.3. The van der Waals surface area contributed by atoms with Gasteiger partial charge in [0.25, 0.3) is 5.91 Å². The van der Waals surface area contributed by atoms with E-state index in [0.29, 0.717) is 29.3 Å². The number of nitrogens with one attached hydrogen (secondary N) is 2. The molecule has 9 heteroatoms. The Labute approximate surface area is 167 Å². The van der Waals surface area contributed by atoms with Crippen molar-refractivity contribution in [2.24, 2.45) is 0 Å². The maximum Gasteiger partial charge on any atom is 0.341 e. The first kappa shape index (κ1) is 20.3. The van der Waals surface area contributed by atoms with E-state index in [0.717, 1.165) is 23.3 Å². The number of nitrogens with zero attached hydrogens (tertiary/aromatic N) is 1. The Morgan fingerprint density at radius 2 is 1.96 bits per heavy atom. The lowest BCUT2D eigenvalue weighted by molar-refractivity contribution is -0.134. The molecule has 0 atom stereocenters. The number of carbonyl (C=O) groups excluding carboxylic acids is 4. The first-order valence-corrected chi connectivity index (χ1v) is 10.5. The number of ether oxygens (including phenoxy) is 1. The number of amides is 4. The van der Waals surface area contributed by atoms with Gasteiger partial charge in [-0.3, -0.25) is 14.5 Å². The lowest BCUT2D eigenvalue weighted by Crippen LogP contribution is -2.46. The van der Waals surface area contributed by atoms with Crippen LogP contribution in [0.1, 0.15) is 68.3 Å². The van der Waals surface area contributed by atoms with E-state index in [-0.39, 0.29) is 6.61 Å². The molecule has 2 heterocycles. The van der Waals surface area contributed by atoms with Crippen LogP contribution in [-0.2, 0) is 14.3 Å². The molecule has 1 aliphatic carbocycles.